The van der Waals surface area contributed by atoms with Gasteiger partial charge in [0.1, 0.15) is 5.58 Å². The number of aliphatic hydroxyl groups is 1. The highest BCUT2D eigenvalue weighted by molar-refractivity contribution is 5.97. The monoisotopic (exact) mass is 276 g/mol. The number of amides is 1. The first-order chi connectivity index (χ1) is 9.47. The van der Waals surface area contributed by atoms with E-state index in [4.69, 9.17) is 15.3 Å². The summed E-state index contributed by atoms with van der Waals surface area (Å²) in [6.45, 7) is 3.90. The van der Waals surface area contributed by atoms with Gasteiger partial charge in [0, 0.05) is 23.2 Å². The number of benzene rings is 1. The Hall–Kier alpha value is -2.01. The van der Waals surface area contributed by atoms with Crippen molar-refractivity contribution in [2.75, 3.05) is 12.3 Å². The van der Waals surface area contributed by atoms with Crippen molar-refractivity contribution in [2.45, 2.75) is 32.2 Å². The Bertz CT molecular complexity index is 621. The standard InChI is InChI=1S/C15H20N2O3/c1-3-15(2,6-7-18)17-14(19)13-9-10-8-11(16)4-5-12(10)20-13/h4-5,8-9,18H,3,6-7,16H2,1-2H3,(H,17,19). The lowest BCUT2D eigenvalue weighted by Gasteiger charge is -2.28. The van der Waals surface area contributed by atoms with E-state index in [2.05, 4.69) is 5.32 Å². The minimum absolute atomic E-state index is 0.0291. The van der Waals surface area contributed by atoms with E-state index < -0.39 is 5.54 Å². The third-order valence-corrected chi connectivity index (χ3v) is 3.62. The van der Waals surface area contributed by atoms with Gasteiger partial charge >= 0.3 is 0 Å². The molecule has 4 N–H and O–H groups in total. The molecule has 0 aliphatic carbocycles. The van der Waals surface area contributed by atoms with Gasteiger partial charge in [-0.15, -0.1) is 0 Å². The molecule has 0 aliphatic heterocycles. The molecular formula is C15H20N2O3. The Morgan fingerprint density at radius 3 is 2.85 bits per heavy atom. The fraction of sp³-hybridized carbons (Fsp3) is 0.400. The molecule has 20 heavy (non-hydrogen) atoms. The van der Waals surface area contributed by atoms with Crippen LogP contribution in [0.4, 0.5) is 5.69 Å². The van der Waals surface area contributed by atoms with Crippen LogP contribution < -0.4 is 11.1 Å². The molecule has 0 saturated carbocycles. The van der Waals surface area contributed by atoms with Crippen LogP contribution >= 0.6 is 0 Å². The maximum Gasteiger partial charge on any atom is 0.287 e. The fourth-order valence-corrected chi connectivity index (χ4v) is 2.08. The van der Waals surface area contributed by atoms with Crippen LogP contribution in [0.5, 0.6) is 0 Å². The highest BCUT2D eigenvalue weighted by Gasteiger charge is 2.25. The Kier molecular flexibility index (Phi) is 3.99. The van der Waals surface area contributed by atoms with Crippen molar-refractivity contribution in [3.05, 3.63) is 30.0 Å². The summed E-state index contributed by atoms with van der Waals surface area (Å²) in [6.07, 6.45) is 1.23. The van der Waals surface area contributed by atoms with Crippen molar-refractivity contribution in [2.24, 2.45) is 0 Å². The molecule has 1 unspecified atom stereocenters. The van der Waals surface area contributed by atoms with Crippen molar-refractivity contribution < 1.29 is 14.3 Å². The number of anilines is 1. The molecule has 2 rings (SSSR count). The van der Waals surface area contributed by atoms with Crippen molar-refractivity contribution >= 4 is 22.6 Å². The third kappa shape index (κ3) is 2.93. The largest absolute Gasteiger partial charge is 0.451 e. The lowest BCUT2D eigenvalue weighted by Crippen LogP contribution is -2.46. The molecule has 0 bridgehead atoms. The zero-order chi connectivity index (χ0) is 14.8. The minimum atomic E-state index is -0.441. The Morgan fingerprint density at radius 1 is 1.45 bits per heavy atom. The number of nitrogens with one attached hydrogen (secondary N) is 1. The quantitative estimate of drug-likeness (QED) is 0.731. The molecule has 1 amide bonds. The van der Waals surface area contributed by atoms with Gasteiger partial charge in [0.25, 0.3) is 5.91 Å². The van der Waals surface area contributed by atoms with Gasteiger partial charge < -0.3 is 20.6 Å². The normalized spacial score (nSPS) is 14.2. The number of nitrogen functional groups attached to an aromatic ring is 1. The maximum atomic E-state index is 12.2. The van der Waals surface area contributed by atoms with Gasteiger partial charge in [-0.3, -0.25) is 4.79 Å². The van der Waals surface area contributed by atoms with Crippen LogP contribution in [0.15, 0.2) is 28.7 Å². The van der Waals surface area contributed by atoms with Gasteiger partial charge in [0.2, 0.25) is 0 Å². The summed E-state index contributed by atoms with van der Waals surface area (Å²) < 4.78 is 5.52. The first-order valence-corrected chi connectivity index (χ1v) is 6.70. The molecule has 2 aromatic rings. The number of hydrogen-bond acceptors (Lipinski definition) is 4. The summed E-state index contributed by atoms with van der Waals surface area (Å²) in [5, 5.41) is 12.8. The smallest absolute Gasteiger partial charge is 0.287 e. The van der Waals surface area contributed by atoms with Gasteiger partial charge in [-0.2, -0.15) is 0 Å². The molecule has 0 fully saturated rings. The van der Waals surface area contributed by atoms with Gasteiger partial charge in [-0.25, -0.2) is 0 Å². The second-order valence-electron chi connectivity index (χ2n) is 5.25. The molecule has 1 atom stereocenters. The highest BCUT2D eigenvalue weighted by Crippen LogP contribution is 2.23. The van der Waals surface area contributed by atoms with Gasteiger partial charge in [0.15, 0.2) is 5.76 Å². The summed E-state index contributed by atoms with van der Waals surface area (Å²) in [5.74, 6) is -0.0270. The van der Waals surface area contributed by atoms with Gasteiger partial charge in [0.05, 0.1) is 0 Å². The zero-order valence-electron chi connectivity index (χ0n) is 11.8. The summed E-state index contributed by atoms with van der Waals surface area (Å²) >= 11 is 0. The summed E-state index contributed by atoms with van der Waals surface area (Å²) in [5.41, 5.74) is 6.52. The predicted octanol–water partition coefficient (Wildman–Crippen LogP) is 2.30. The van der Waals surface area contributed by atoms with E-state index >= 15 is 0 Å². The number of carbonyl (C=O) groups excluding carboxylic acids is 1. The molecule has 1 aromatic heterocycles. The van der Waals surface area contributed by atoms with Crippen LogP contribution in [0, 0.1) is 0 Å². The van der Waals surface area contributed by atoms with Crippen LogP contribution in [0.3, 0.4) is 0 Å². The summed E-state index contributed by atoms with van der Waals surface area (Å²) in [7, 11) is 0. The van der Waals surface area contributed by atoms with Crippen LogP contribution in [-0.2, 0) is 0 Å². The van der Waals surface area contributed by atoms with E-state index in [0.717, 1.165) is 11.8 Å². The Labute approximate surface area is 117 Å². The number of fused-ring (bicyclic) bond motifs is 1. The van der Waals surface area contributed by atoms with E-state index in [9.17, 15) is 4.79 Å². The van der Waals surface area contributed by atoms with Gasteiger partial charge in [-0.1, -0.05) is 6.92 Å². The number of furan rings is 1. The Balaban J connectivity index is 2.22. The summed E-state index contributed by atoms with van der Waals surface area (Å²) in [6, 6.07) is 6.92. The first-order valence-electron chi connectivity index (χ1n) is 6.70. The van der Waals surface area contributed by atoms with Crippen molar-refractivity contribution in [1.29, 1.82) is 0 Å². The lowest BCUT2D eigenvalue weighted by molar-refractivity contribution is 0.0860. The number of rotatable bonds is 5. The number of hydrogen-bond donors (Lipinski definition) is 3. The minimum Gasteiger partial charge on any atom is -0.451 e. The van der Waals surface area contributed by atoms with E-state index in [1.54, 1.807) is 24.3 Å². The Morgan fingerprint density at radius 2 is 2.20 bits per heavy atom. The number of nitrogens with two attached hydrogens (primary N) is 1. The topological polar surface area (TPSA) is 88.5 Å². The van der Waals surface area contributed by atoms with Crippen LogP contribution in [0.25, 0.3) is 11.0 Å². The molecular weight excluding hydrogens is 256 g/mol. The van der Waals surface area contributed by atoms with E-state index in [-0.39, 0.29) is 18.3 Å². The van der Waals surface area contributed by atoms with Crippen LogP contribution in [0.1, 0.15) is 37.2 Å². The molecule has 0 spiro atoms. The van der Waals surface area contributed by atoms with E-state index in [1.165, 1.54) is 0 Å². The molecule has 0 aliphatic rings. The van der Waals surface area contributed by atoms with Crippen molar-refractivity contribution in [3.63, 3.8) is 0 Å². The molecule has 0 radical (unpaired) electrons. The molecule has 1 heterocycles. The molecule has 5 nitrogen and oxygen atoms in total. The highest BCUT2D eigenvalue weighted by atomic mass is 16.3. The van der Waals surface area contributed by atoms with Crippen LogP contribution in [0.2, 0.25) is 0 Å². The SMILES string of the molecule is CCC(C)(CCO)NC(=O)c1cc2cc(N)ccc2o1. The number of aliphatic hydroxyl groups excluding tert-OH is 1. The summed E-state index contributed by atoms with van der Waals surface area (Å²) in [4.78, 5) is 12.2. The lowest BCUT2D eigenvalue weighted by atomic mass is 9.95. The third-order valence-electron chi connectivity index (χ3n) is 3.62. The molecule has 108 valence electrons. The van der Waals surface area contributed by atoms with Gasteiger partial charge in [-0.05, 0) is 44.0 Å². The zero-order valence-corrected chi connectivity index (χ0v) is 11.8. The fourth-order valence-electron chi connectivity index (χ4n) is 2.08. The van der Waals surface area contributed by atoms with E-state index in [0.29, 0.717) is 17.7 Å². The average molecular weight is 276 g/mol. The molecule has 5 heteroatoms. The molecule has 1 aromatic carbocycles. The second kappa shape index (κ2) is 5.54. The van der Waals surface area contributed by atoms with Crippen LogP contribution in [-0.4, -0.2) is 23.2 Å². The predicted molar refractivity (Wildman–Crippen MR) is 78.5 cm³/mol. The maximum absolute atomic E-state index is 12.2. The second-order valence-corrected chi connectivity index (χ2v) is 5.25. The average Bonchev–Trinajstić information content (AvgIpc) is 2.82. The van der Waals surface area contributed by atoms with Crippen molar-refractivity contribution in [3.8, 4) is 0 Å². The van der Waals surface area contributed by atoms with E-state index in [1.807, 2.05) is 13.8 Å². The number of carbonyl (C=O) groups is 1. The van der Waals surface area contributed by atoms with Crippen molar-refractivity contribution in [1.82, 2.24) is 5.32 Å². The first kappa shape index (κ1) is 14.4. The molecule has 0 saturated heterocycles.